The van der Waals surface area contributed by atoms with Crippen molar-refractivity contribution >= 4 is 23.7 Å². The Bertz CT molecular complexity index is 3300. The number of aromatic amines is 2. The number of aliphatic hydroxyl groups excluding tert-OH is 8. The van der Waals surface area contributed by atoms with Crippen molar-refractivity contribution in [3.63, 3.8) is 0 Å². The van der Waals surface area contributed by atoms with E-state index >= 15 is 4.79 Å². The van der Waals surface area contributed by atoms with E-state index in [1.165, 1.54) is 6.33 Å². The molecule has 24 heteroatoms. The summed E-state index contributed by atoms with van der Waals surface area (Å²) < 4.78 is 13.1. The molecule has 13 aliphatic rings. The Labute approximate surface area is 524 Å². The quantitative estimate of drug-likeness (QED) is 0.0218. The van der Waals surface area contributed by atoms with Gasteiger partial charge in [0.1, 0.15) is 30.4 Å². The number of nitrogens with zero attached hydrogens (tertiary/aromatic N) is 3. The molecule has 19 N–H and O–H groups in total. The van der Waals surface area contributed by atoms with Crippen LogP contribution in [0, 0.1) is 114 Å². The number of hydrogen-bond acceptors (Lipinski definition) is 18. The van der Waals surface area contributed by atoms with Crippen LogP contribution in [-0.4, -0.2) is 192 Å². The smallest absolute Gasteiger partial charge is 0.310 e. The number of ether oxygens (including phenoxy) is 2. The topological polar surface area (TPSA) is 405 Å². The minimum Gasteiger partial charge on any atom is -0.481 e. The Morgan fingerprint density at radius 3 is 2.48 bits per heavy atom. The molecule has 492 valence electrons. The maximum atomic E-state index is 16.2. The molecular formula is C66H95N11O13. The first-order chi connectivity index (χ1) is 42.9. The number of aliphatic hydroxyl groups is 8. The van der Waals surface area contributed by atoms with Gasteiger partial charge in [0.15, 0.2) is 12.2 Å². The Hall–Kier alpha value is -5.01. The third-order valence-electron chi connectivity index (χ3n) is 27.7. The minimum atomic E-state index is -1.74. The highest BCUT2D eigenvalue weighted by molar-refractivity contribution is 5.88. The van der Waals surface area contributed by atoms with Gasteiger partial charge < -0.3 is 98.1 Å². The molecule has 2 saturated heterocycles. The molecule has 0 unspecified atom stereocenters. The zero-order valence-corrected chi connectivity index (χ0v) is 52.3. The van der Waals surface area contributed by atoms with Gasteiger partial charge in [0.2, 0.25) is 5.91 Å². The fourth-order valence-corrected chi connectivity index (χ4v) is 24.1. The number of anilines is 1. The van der Waals surface area contributed by atoms with Gasteiger partial charge in [-0.15, -0.1) is 0 Å². The van der Waals surface area contributed by atoms with Crippen LogP contribution in [0.1, 0.15) is 109 Å². The van der Waals surface area contributed by atoms with Gasteiger partial charge in [-0.3, -0.25) is 14.6 Å². The largest absolute Gasteiger partial charge is 0.481 e. The van der Waals surface area contributed by atoms with E-state index in [1.54, 1.807) is 19.6 Å². The summed E-state index contributed by atoms with van der Waals surface area (Å²) >= 11 is 0. The summed E-state index contributed by atoms with van der Waals surface area (Å²) in [5.41, 5.74) is 8.20. The molecule has 1 amide bonds. The minimum absolute atomic E-state index is 0.0556. The number of guanidine groups is 1. The SMILES string of the molecule is CN=C(N)NCCNC[C@@H]([C@H](O)[C@@H](c1cnc[nH]1)[C@@H]1NC(=O)[C@@]23CCC[C@@H]2C#C[C@@H]2C=C4[C@@H]5C[C@@](C)(CO)CC[C@]5(C(=O)O)[C@H]5CNc6nc[nH]c6C[C@@H]5[C@]45CCC4=C[C@H]([C@@H]13)[C@@H]1[C@@H](O)[C@@H](O[C@@H]3OC[C@@H](O)[C@H](O)[C@H]3O)[C@@](C)(CO)[C@H]3CC[C@]5(C)[C@]42[C@@]13C)[C@@H](N)O. The van der Waals surface area contributed by atoms with Gasteiger partial charge in [0.05, 0.1) is 60.7 Å². The molecule has 28 atom stereocenters. The predicted molar refractivity (Wildman–Crippen MR) is 326 cm³/mol. The number of aliphatic imine (C=N–C) groups is 1. The van der Waals surface area contributed by atoms with Crippen LogP contribution in [0.25, 0.3) is 0 Å². The number of carboxylic acids is 1. The molecule has 2 aromatic rings. The maximum Gasteiger partial charge on any atom is 0.310 e. The molecule has 3 bridgehead atoms. The molecule has 3 spiro atoms. The van der Waals surface area contributed by atoms with Crippen LogP contribution in [0.2, 0.25) is 0 Å². The van der Waals surface area contributed by atoms with Gasteiger partial charge in [0.25, 0.3) is 0 Å². The van der Waals surface area contributed by atoms with Crippen LogP contribution in [0.3, 0.4) is 0 Å². The van der Waals surface area contributed by atoms with Gasteiger partial charge >= 0.3 is 5.97 Å². The number of fused-ring (bicyclic) bond motifs is 5. The summed E-state index contributed by atoms with van der Waals surface area (Å²) in [6.45, 7) is 9.00. The Balaban J connectivity index is 1.03. The maximum absolute atomic E-state index is 16.2. The van der Waals surface area contributed by atoms with E-state index in [0.717, 1.165) is 16.8 Å². The van der Waals surface area contributed by atoms with Gasteiger partial charge in [-0.05, 0) is 110 Å². The summed E-state index contributed by atoms with van der Waals surface area (Å²) in [5, 5.41) is 123. The summed E-state index contributed by atoms with van der Waals surface area (Å²) in [6.07, 6.45) is 3.32. The van der Waals surface area contributed by atoms with E-state index in [0.29, 0.717) is 102 Å². The van der Waals surface area contributed by atoms with E-state index in [-0.39, 0.29) is 37.5 Å². The van der Waals surface area contributed by atoms with Crippen LogP contribution in [0.5, 0.6) is 0 Å². The normalized spacial score (nSPS) is 48.1. The van der Waals surface area contributed by atoms with E-state index < -0.39 is 170 Å². The molecule has 6 saturated carbocycles. The summed E-state index contributed by atoms with van der Waals surface area (Å²) in [4.78, 5) is 51.2. The predicted octanol–water partition coefficient (Wildman–Crippen LogP) is 0.411. The van der Waals surface area contributed by atoms with Gasteiger partial charge in [-0.2, -0.15) is 0 Å². The van der Waals surface area contributed by atoms with Crippen molar-refractivity contribution in [2.45, 2.75) is 159 Å². The number of hydrogen-bond donors (Lipinski definition) is 17. The average molecular weight is 1250 g/mol. The monoisotopic (exact) mass is 1250 g/mol. The van der Waals surface area contributed by atoms with Crippen molar-refractivity contribution in [2.75, 3.05) is 58.4 Å². The van der Waals surface area contributed by atoms with E-state index in [9.17, 15) is 50.8 Å². The van der Waals surface area contributed by atoms with E-state index in [4.69, 9.17) is 25.9 Å². The van der Waals surface area contributed by atoms with Crippen molar-refractivity contribution in [2.24, 2.45) is 119 Å². The fraction of sp³-hybridized carbons (Fsp3) is 0.773. The second-order valence-corrected chi connectivity index (χ2v) is 30.7. The third kappa shape index (κ3) is 7.94. The average Bonchev–Trinajstić information content (AvgIpc) is 0.669. The van der Waals surface area contributed by atoms with Crippen LogP contribution in [0.4, 0.5) is 5.82 Å². The van der Waals surface area contributed by atoms with Crippen LogP contribution in [0.15, 0.2) is 47.1 Å². The number of rotatable bonds is 15. The number of aliphatic carboxylic acids is 1. The van der Waals surface area contributed by atoms with Crippen molar-refractivity contribution < 1.29 is 65.0 Å². The second kappa shape index (κ2) is 21.8. The second-order valence-electron chi connectivity index (χ2n) is 30.7. The number of amides is 1. The number of carbonyl (C=O) groups excluding carboxylic acids is 1. The van der Waals surface area contributed by atoms with Crippen LogP contribution in [-0.2, 0) is 25.5 Å². The highest BCUT2D eigenvalue weighted by Crippen LogP contribution is 2.90. The molecule has 5 heterocycles. The molecule has 24 nitrogen and oxygen atoms in total. The first-order valence-corrected chi connectivity index (χ1v) is 33.2. The first kappa shape index (κ1) is 62.4. The number of imidazole rings is 2. The number of nitrogens with one attached hydrogen (secondary N) is 6. The van der Waals surface area contributed by atoms with Crippen LogP contribution >= 0.6 is 0 Å². The standard InChI is InChI=1S/C66H95N11O13/c1-59(27-78)15-16-64(57(87)88)38(22-59)36-20-32-9-8-31-7-6-12-63(31)45(47(77-56(63)86)44(41-25-71-29-74-41)48(81)35(53(67)85)23-70-17-18-72-58(68)69-5)34-19-33-10-14-65(36,37-21-40-54(76-30-75-40)73-24-39(37)64)61(3)13-11-43-60(2,28-79)52(50(83)46(34)62(43,4)66(32,33)61)90-55-51(84)49(82)42(80)26-89-55/h19-20,25,29-32,34-35,37-39,42-53,55,70,73,78-85H,6-7,10-18,21-24,26-28,67H2,1-5H3,(H,71,74)(H,75,76)(H,77,86)(H,87,88)(H3,68,69,72)/t31-,32-,34-,35+,37+,38+,39+,42-,43-,44+,45+,46-,47+,48+,49+,50-,51-,52-,53+,55+,59+,60+,61+,62-,63+,64-,65+,66-/m1/s1. The molecule has 8 fully saturated rings. The summed E-state index contributed by atoms with van der Waals surface area (Å²) in [6, 6.07) is -0.912. The van der Waals surface area contributed by atoms with Gasteiger partial charge in [0, 0.05) is 110 Å². The third-order valence-corrected chi connectivity index (χ3v) is 27.7. The molecule has 15 rings (SSSR count). The lowest BCUT2D eigenvalue weighted by atomic mass is 9.19. The number of H-pyrrole nitrogens is 2. The lowest BCUT2D eigenvalue weighted by Crippen LogP contribution is -2.82. The van der Waals surface area contributed by atoms with Crippen LogP contribution < -0.4 is 32.7 Å². The van der Waals surface area contributed by atoms with Crippen molar-refractivity contribution in [3.8, 4) is 11.8 Å². The van der Waals surface area contributed by atoms with Gasteiger partial charge in [-0.1, -0.05) is 69.3 Å². The zero-order chi connectivity index (χ0) is 63.6. The molecule has 0 radical (unpaired) electrons. The molecule has 90 heavy (non-hydrogen) atoms. The molecule has 3 aliphatic heterocycles. The summed E-state index contributed by atoms with van der Waals surface area (Å²) in [7, 11) is 1.57. The molecule has 0 aromatic carbocycles. The fourth-order valence-electron chi connectivity index (χ4n) is 24.1. The first-order valence-electron chi connectivity index (χ1n) is 33.2. The Morgan fingerprint density at radius 1 is 0.956 bits per heavy atom. The highest BCUT2D eigenvalue weighted by atomic mass is 16.7. The van der Waals surface area contributed by atoms with Crippen molar-refractivity contribution in [3.05, 3.63) is 53.5 Å². The molecule has 2 aromatic heterocycles. The lowest BCUT2D eigenvalue weighted by Gasteiger charge is -2.84. The number of carbonyl (C=O) groups is 2. The lowest BCUT2D eigenvalue weighted by molar-refractivity contribution is -0.365. The number of nitrogens with two attached hydrogens (primary N) is 2. The Kier molecular flexibility index (Phi) is 15.1. The number of allylic oxidation sites excluding steroid dienone is 4. The number of carboxylic acid groups (broad SMARTS) is 1. The van der Waals surface area contributed by atoms with Crippen molar-refractivity contribution in [1.29, 1.82) is 0 Å². The van der Waals surface area contributed by atoms with E-state index in [1.807, 2.05) is 6.92 Å². The Morgan fingerprint density at radius 2 is 1.76 bits per heavy atom. The zero-order valence-electron chi connectivity index (χ0n) is 52.3. The van der Waals surface area contributed by atoms with E-state index in [2.05, 4.69) is 86.0 Å². The van der Waals surface area contributed by atoms with Gasteiger partial charge in [-0.25, -0.2) is 9.97 Å². The van der Waals surface area contributed by atoms with Crippen molar-refractivity contribution in [1.82, 2.24) is 35.9 Å². The molecule has 10 aliphatic carbocycles. The highest BCUT2D eigenvalue weighted by Gasteiger charge is 2.87. The molecular weight excluding hydrogens is 1150 g/mol. The summed E-state index contributed by atoms with van der Waals surface area (Å²) in [5.74, 6) is 0.813. The number of aromatic nitrogens is 4.